The van der Waals surface area contributed by atoms with E-state index in [9.17, 15) is 9.59 Å². The third-order valence-corrected chi connectivity index (χ3v) is 4.95. The van der Waals surface area contributed by atoms with Crippen molar-refractivity contribution in [3.8, 4) is 0 Å². The Labute approximate surface area is 138 Å². The summed E-state index contributed by atoms with van der Waals surface area (Å²) in [6, 6.07) is 1.57. The molecule has 1 saturated heterocycles. The molecule has 1 aliphatic rings. The molecule has 1 fully saturated rings. The Kier molecular flexibility index (Phi) is 6.33. The first-order valence-corrected chi connectivity index (χ1v) is 8.66. The summed E-state index contributed by atoms with van der Waals surface area (Å²) in [6.07, 6.45) is 4.57. The van der Waals surface area contributed by atoms with Gasteiger partial charge in [0.25, 0.3) is 5.91 Å². The first-order valence-electron chi connectivity index (χ1n) is 7.08. The molecular formula is C14H18Cl2N2O2S. The van der Waals surface area contributed by atoms with E-state index in [0.717, 1.165) is 32.2 Å². The molecule has 2 rings (SSSR count). The van der Waals surface area contributed by atoms with Crippen molar-refractivity contribution in [2.45, 2.75) is 32.1 Å². The smallest absolute Gasteiger partial charge is 0.253 e. The van der Waals surface area contributed by atoms with Crippen LogP contribution in [0.15, 0.2) is 6.07 Å². The van der Waals surface area contributed by atoms with Gasteiger partial charge in [-0.3, -0.25) is 9.59 Å². The third-order valence-electron chi connectivity index (χ3n) is 3.46. The Morgan fingerprint density at radius 1 is 1.33 bits per heavy atom. The summed E-state index contributed by atoms with van der Waals surface area (Å²) in [5, 5.41) is 2.81. The largest absolute Gasteiger partial charge is 0.352 e. The molecule has 1 aliphatic heterocycles. The van der Waals surface area contributed by atoms with E-state index in [0.29, 0.717) is 33.7 Å². The molecule has 0 aliphatic carbocycles. The summed E-state index contributed by atoms with van der Waals surface area (Å²) in [5.41, 5.74) is 0.414. The Balaban J connectivity index is 1.73. The van der Waals surface area contributed by atoms with Crippen molar-refractivity contribution in [3.05, 3.63) is 20.3 Å². The van der Waals surface area contributed by atoms with Crippen LogP contribution in [0.25, 0.3) is 0 Å². The highest BCUT2D eigenvalue weighted by Gasteiger charge is 2.16. The van der Waals surface area contributed by atoms with E-state index in [1.165, 1.54) is 11.3 Å². The van der Waals surface area contributed by atoms with Gasteiger partial charge in [-0.25, -0.2) is 0 Å². The van der Waals surface area contributed by atoms with E-state index in [4.69, 9.17) is 23.2 Å². The van der Waals surface area contributed by atoms with Crippen LogP contribution in [-0.4, -0.2) is 36.3 Å². The number of carbonyl (C=O) groups is 2. The summed E-state index contributed by atoms with van der Waals surface area (Å²) >= 11 is 12.9. The zero-order chi connectivity index (χ0) is 15.2. The Morgan fingerprint density at radius 2 is 2.14 bits per heavy atom. The van der Waals surface area contributed by atoms with Gasteiger partial charge >= 0.3 is 0 Å². The summed E-state index contributed by atoms with van der Waals surface area (Å²) in [5.74, 6) is 0.0110. The van der Waals surface area contributed by atoms with Crippen molar-refractivity contribution in [2.75, 3.05) is 19.6 Å². The van der Waals surface area contributed by atoms with Gasteiger partial charge in [0.05, 0.1) is 9.90 Å². The number of carbonyl (C=O) groups excluding carboxylic acids is 2. The van der Waals surface area contributed by atoms with Gasteiger partial charge in [0.2, 0.25) is 5.91 Å². The van der Waals surface area contributed by atoms with Crippen LogP contribution in [-0.2, 0) is 4.79 Å². The van der Waals surface area contributed by atoms with Gasteiger partial charge in [0.1, 0.15) is 4.34 Å². The number of rotatable bonds is 5. The van der Waals surface area contributed by atoms with Crippen LogP contribution >= 0.6 is 34.5 Å². The zero-order valence-electron chi connectivity index (χ0n) is 11.7. The van der Waals surface area contributed by atoms with E-state index in [1.54, 1.807) is 6.07 Å². The molecule has 1 aromatic heterocycles. The molecular weight excluding hydrogens is 331 g/mol. The van der Waals surface area contributed by atoms with Gasteiger partial charge in [0, 0.05) is 26.1 Å². The number of amides is 2. The fourth-order valence-corrected chi connectivity index (χ4v) is 3.80. The van der Waals surface area contributed by atoms with Crippen LogP contribution in [0.1, 0.15) is 42.5 Å². The second-order valence-corrected chi connectivity index (χ2v) is 7.32. The van der Waals surface area contributed by atoms with Gasteiger partial charge in [0.15, 0.2) is 0 Å². The molecule has 2 heterocycles. The molecule has 0 bridgehead atoms. The minimum atomic E-state index is -0.217. The van der Waals surface area contributed by atoms with Crippen LogP contribution < -0.4 is 5.32 Å². The molecule has 2 amide bonds. The molecule has 0 atom stereocenters. The Morgan fingerprint density at radius 3 is 2.86 bits per heavy atom. The molecule has 1 N–H and O–H groups in total. The first-order chi connectivity index (χ1) is 10.1. The fourth-order valence-electron chi connectivity index (χ4n) is 2.34. The molecule has 21 heavy (non-hydrogen) atoms. The molecule has 4 nitrogen and oxygen atoms in total. The van der Waals surface area contributed by atoms with E-state index < -0.39 is 0 Å². The lowest BCUT2D eigenvalue weighted by atomic mass is 10.2. The second-order valence-electron chi connectivity index (χ2n) is 5.04. The van der Waals surface area contributed by atoms with Gasteiger partial charge in [-0.15, -0.1) is 11.3 Å². The van der Waals surface area contributed by atoms with Gasteiger partial charge in [-0.1, -0.05) is 29.6 Å². The number of hydrogen-bond acceptors (Lipinski definition) is 3. The van der Waals surface area contributed by atoms with E-state index >= 15 is 0 Å². The SMILES string of the molecule is O=C(NCCCN1CCCCCC1=O)c1cc(Cl)sc1Cl. The van der Waals surface area contributed by atoms with Gasteiger partial charge in [-0.2, -0.15) is 0 Å². The molecule has 7 heteroatoms. The van der Waals surface area contributed by atoms with Crippen molar-refractivity contribution < 1.29 is 9.59 Å². The quantitative estimate of drug-likeness (QED) is 0.826. The van der Waals surface area contributed by atoms with Crippen molar-refractivity contribution in [1.82, 2.24) is 10.2 Å². The fraction of sp³-hybridized carbons (Fsp3) is 0.571. The lowest BCUT2D eigenvalue weighted by Gasteiger charge is -2.20. The predicted octanol–water partition coefficient (Wildman–Crippen LogP) is 3.58. The van der Waals surface area contributed by atoms with Crippen LogP contribution in [0.2, 0.25) is 8.67 Å². The third kappa shape index (κ3) is 4.87. The van der Waals surface area contributed by atoms with Crippen LogP contribution in [0.4, 0.5) is 0 Å². The highest BCUT2D eigenvalue weighted by atomic mass is 35.5. The number of nitrogens with one attached hydrogen (secondary N) is 1. The molecule has 0 unspecified atom stereocenters. The van der Waals surface area contributed by atoms with E-state index in [-0.39, 0.29) is 11.8 Å². The van der Waals surface area contributed by atoms with Crippen LogP contribution in [0, 0.1) is 0 Å². The highest BCUT2D eigenvalue weighted by Crippen LogP contribution is 2.30. The average Bonchev–Trinajstić information content (AvgIpc) is 2.65. The number of thiophene rings is 1. The Bertz CT molecular complexity index is 519. The van der Waals surface area contributed by atoms with E-state index in [2.05, 4.69) is 5.32 Å². The average molecular weight is 349 g/mol. The number of hydrogen-bond donors (Lipinski definition) is 1. The van der Waals surface area contributed by atoms with Crippen molar-refractivity contribution in [3.63, 3.8) is 0 Å². The first kappa shape index (κ1) is 16.6. The maximum absolute atomic E-state index is 11.9. The summed E-state index contributed by atoms with van der Waals surface area (Å²) in [7, 11) is 0. The topological polar surface area (TPSA) is 49.4 Å². The lowest BCUT2D eigenvalue weighted by Crippen LogP contribution is -2.33. The van der Waals surface area contributed by atoms with Crippen LogP contribution in [0.3, 0.4) is 0 Å². The number of likely N-dealkylation sites (tertiary alicyclic amines) is 1. The maximum atomic E-state index is 11.9. The normalized spacial score (nSPS) is 15.9. The summed E-state index contributed by atoms with van der Waals surface area (Å²) in [6.45, 7) is 2.04. The Hall–Kier alpha value is -0.780. The van der Waals surface area contributed by atoms with Gasteiger partial charge < -0.3 is 10.2 Å². The van der Waals surface area contributed by atoms with Gasteiger partial charge in [-0.05, 0) is 25.3 Å². The van der Waals surface area contributed by atoms with Crippen molar-refractivity contribution >= 4 is 46.4 Å². The predicted molar refractivity (Wildman–Crippen MR) is 86.3 cm³/mol. The van der Waals surface area contributed by atoms with Crippen molar-refractivity contribution in [2.24, 2.45) is 0 Å². The lowest BCUT2D eigenvalue weighted by molar-refractivity contribution is -0.130. The zero-order valence-corrected chi connectivity index (χ0v) is 14.0. The monoisotopic (exact) mass is 348 g/mol. The molecule has 1 aromatic rings. The highest BCUT2D eigenvalue weighted by molar-refractivity contribution is 7.20. The standard InChI is InChI=1S/C14H18Cl2N2O2S/c15-11-9-10(13(16)21-11)14(20)17-6-4-8-18-7-3-1-2-5-12(18)19/h9H,1-8H2,(H,17,20). The minimum Gasteiger partial charge on any atom is -0.352 e. The molecule has 0 saturated carbocycles. The number of halogens is 2. The van der Waals surface area contributed by atoms with E-state index in [1.807, 2.05) is 4.90 Å². The summed E-state index contributed by atoms with van der Waals surface area (Å²) < 4.78 is 0.903. The second kappa shape index (κ2) is 8.01. The molecule has 116 valence electrons. The summed E-state index contributed by atoms with van der Waals surface area (Å²) in [4.78, 5) is 25.6. The molecule has 0 spiro atoms. The maximum Gasteiger partial charge on any atom is 0.253 e. The van der Waals surface area contributed by atoms with Crippen molar-refractivity contribution in [1.29, 1.82) is 0 Å². The number of nitrogens with zero attached hydrogens (tertiary/aromatic N) is 1. The molecule has 0 aromatic carbocycles. The molecule has 0 radical (unpaired) electrons. The minimum absolute atomic E-state index is 0.217. The van der Waals surface area contributed by atoms with Crippen LogP contribution in [0.5, 0.6) is 0 Å².